The first-order valence-corrected chi connectivity index (χ1v) is 5.89. The molecule has 0 rings (SSSR count). The molecule has 14 heavy (non-hydrogen) atoms. The van der Waals surface area contributed by atoms with E-state index in [0.717, 1.165) is 31.8 Å². The maximum absolute atomic E-state index is 5.34. The molecule has 0 aromatic rings. The van der Waals surface area contributed by atoms with Gasteiger partial charge >= 0.3 is 0 Å². The summed E-state index contributed by atoms with van der Waals surface area (Å²) in [5.41, 5.74) is 0. The Balaban J connectivity index is 2.78. The van der Waals surface area contributed by atoms with Gasteiger partial charge in [0.1, 0.15) is 0 Å². The van der Waals surface area contributed by atoms with E-state index >= 15 is 0 Å². The Morgan fingerprint density at radius 2 is 1.36 bits per heavy atom. The molecule has 0 atom stereocenters. The molecule has 0 saturated carbocycles. The lowest BCUT2D eigenvalue weighted by molar-refractivity contribution is 0.0165. The van der Waals surface area contributed by atoms with Gasteiger partial charge in [0.2, 0.25) is 0 Å². The number of ether oxygens (including phenoxy) is 3. The molecule has 0 spiro atoms. The number of hydrogen-bond acceptors (Lipinski definition) is 4. The molecule has 0 heterocycles. The fourth-order valence-corrected chi connectivity index (χ4v) is 1.12. The van der Waals surface area contributed by atoms with Crippen LogP contribution in [0.1, 0.15) is 19.8 Å². The summed E-state index contributed by atoms with van der Waals surface area (Å²) in [6.45, 7) is 6.22. The number of unbranched alkanes of at least 4 members (excludes halogenated alkanes) is 1. The Labute approximate surface area is 92.5 Å². The number of rotatable bonds is 11. The van der Waals surface area contributed by atoms with Crippen LogP contribution in [-0.4, -0.2) is 45.4 Å². The number of hydrogen-bond donors (Lipinski definition) is 1. The standard InChI is InChI=1S/C10H22O3S/c1-2-11-6-7-13-9-8-12-5-3-4-10-14/h14H,2-10H2,1H3. The highest BCUT2D eigenvalue weighted by Crippen LogP contribution is 1.91. The molecule has 0 aliphatic rings. The minimum Gasteiger partial charge on any atom is -0.379 e. The van der Waals surface area contributed by atoms with Crippen molar-refractivity contribution in [3.05, 3.63) is 0 Å². The minimum atomic E-state index is 0.661. The van der Waals surface area contributed by atoms with Crippen LogP contribution in [0, 0.1) is 0 Å². The highest BCUT2D eigenvalue weighted by atomic mass is 32.1. The molecule has 0 unspecified atom stereocenters. The zero-order valence-electron chi connectivity index (χ0n) is 9.04. The first-order chi connectivity index (χ1) is 6.91. The van der Waals surface area contributed by atoms with Gasteiger partial charge in [-0.15, -0.1) is 0 Å². The van der Waals surface area contributed by atoms with Crippen molar-refractivity contribution < 1.29 is 14.2 Å². The van der Waals surface area contributed by atoms with Crippen LogP contribution in [0.2, 0.25) is 0 Å². The summed E-state index contributed by atoms with van der Waals surface area (Å²) in [5.74, 6) is 0.939. The van der Waals surface area contributed by atoms with Gasteiger partial charge < -0.3 is 14.2 Å². The van der Waals surface area contributed by atoms with Crippen LogP contribution >= 0.6 is 12.6 Å². The van der Waals surface area contributed by atoms with E-state index < -0.39 is 0 Å². The maximum Gasteiger partial charge on any atom is 0.0701 e. The van der Waals surface area contributed by atoms with E-state index in [1.54, 1.807) is 0 Å². The molecule has 0 radical (unpaired) electrons. The second-order valence-corrected chi connectivity index (χ2v) is 3.30. The molecule has 4 heteroatoms. The van der Waals surface area contributed by atoms with Crippen molar-refractivity contribution >= 4 is 12.6 Å². The molecule has 0 fully saturated rings. The fourth-order valence-electron chi connectivity index (χ4n) is 0.900. The Bertz CT molecular complexity index is 89.4. The molecule has 0 aliphatic carbocycles. The highest BCUT2D eigenvalue weighted by molar-refractivity contribution is 7.80. The molecule has 0 aliphatic heterocycles. The van der Waals surface area contributed by atoms with Crippen molar-refractivity contribution in [1.82, 2.24) is 0 Å². The molecule has 0 aromatic carbocycles. The van der Waals surface area contributed by atoms with Crippen LogP contribution in [-0.2, 0) is 14.2 Å². The summed E-state index contributed by atoms with van der Waals surface area (Å²) in [4.78, 5) is 0. The first-order valence-electron chi connectivity index (χ1n) is 5.26. The van der Waals surface area contributed by atoms with Crippen molar-refractivity contribution in [1.29, 1.82) is 0 Å². The van der Waals surface area contributed by atoms with Crippen LogP contribution in [0.5, 0.6) is 0 Å². The van der Waals surface area contributed by atoms with Gasteiger partial charge in [-0.1, -0.05) is 0 Å². The van der Waals surface area contributed by atoms with Crippen LogP contribution in [0.25, 0.3) is 0 Å². The van der Waals surface area contributed by atoms with E-state index in [0.29, 0.717) is 26.4 Å². The van der Waals surface area contributed by atoms with Crippen LogP contribution in [0.4, 0.5) is 0 Å². The van der Waals surface area contributed by atoms with Gasteiger partial charge in [-0.3, -0.25) is 0 Å². The van der Waals surface area contributed by atoms with Crippen molar-refractivity contribution in [3.8, 4) is 0 Å². The smallest absolute Gasteiger partial charge is 0.0701 e. The quantitative estimate of drug-likeness (QED) is 0.426. The summed E-state index contributed by atoms with van der Waals surface area (Å²) in [5, 5.41) is 0. The third-order valence-electron chi connectivity index (χ3n) is 1.64. The van der Waals surface area contributed by atoms with Gasteiger partial charge in [-0.2, -0.15) is 12.6 Å². The summed E-state index contributed by atoms with van der Waals surface area (Å²) in [7, 11) is 0. The molecule has 0 amide bonds. The lowest BCUT2D eigenvalue weighted by Gasteiger charge is -2.05. The fraction of sp³-hybridized carbons (Fsp3) is 1.00. The average Bonchev–Trinajstić information content (AvgIpc) is 2.21. The molecule has 0 aromatic heterocycles. The summed E-state index contributed by atoms with van der Waals surface area (Å²) in [6.07, 6.45) is 2.21. The third kappa shape index (κ3) is 12.2. The van der Waals surface area contributed by atoms with E-state index in [9.17, 15) is 0 Å². The zero-order chi connectivity index (χ0) is 10.5. The SMILES string of the molecule is CCOCCOCCOCCCCS. The van der Waals surface area contributed by atoms with Crippen molar-refractivity contribution in [3.63, 3.8) is 0 Å². The van der Waals surface area contributed by atoms with Gasteiger partial charge in [-0.05, 0) is 25.5 Å². The van der Waals surface area contributed by atoms with Crippen molar-refractivity contribution in [2.24, 2.45) is 0 Å². The summed E-state index contributed by atoms with van der Waals surface area (Å²) in [6, 6.07) is 0. The van der Waals surface area contributed by atoms with E-state index in [4.69, 9.17) is 14.2 Å². The van der Waals surface area contributed by atoms with E-state index in [1.807, 2.05) is 6.92 Å². The predicted molar refractivity (Wildman–Crippen MR) is 61.2 cm³/mol. The van der Waals surface area contributed by atoms with Crippen LogP contribution in [0.15, 0.2) is 0 Å². The van der Waals surface area contributed by atoms with Gasteiger partial charge in [0, 0.05) is 13.2 Å². The maximum atomic E-state index is 5.34. The monoisotopic (exact) mass is 222 g/mol. The predicted octanol–water partition coefficient (Wildman–Crippen LogP) is 1.77. The lowest BCUT2D eigenvalue weighted by atomic mass is 10.4. The van der Waals surface area contributed by atoms with Crippen molar-refractivity contribution in [2.75, 3.05) is 45.4 Å². The largest absolute Gasteiger partial charge is 0.379 e. The Morgan fingerprint density at radius 3 is 1.93 bits per heavy atom. The summed E-state index contributed by atoms with van der Waals surface area (Å²) < 4.78 is 15.7. The molecule has 0 bridgehead atoms. The van der Waals surface area contributed by atoms with Gasteiger partial charge in [0.05, 0.1) is 26.4 Å². The average molecular weight is 222 g/mol. The van der Waals surface area contributed by atoms with Crippen LogP contribution in [0.3, 0.4) is 0 Å². The first kappa shape index (κ1) is 14.2. The molecular formula is C10H22O3S. The summed E-state index contributed by atoms with van der Waals surface area (Å²) >= 11 is 4.12. The van der Waals surface area contributed by atoms with Gasteiger partial charge in [-0.25, -0.2) is 0 Å². The molecule has 86 valence electrons. The molecule has 3 nitrogen and oxygen atoms in total. The normalized spacial score (nSPS) is 10.7. The number of thiol groups is 1. The molecule has 0 N–H and O–H groups in total. The lowest BCUT2D eigenvalue weighted by Crippen LogP contribution is -2.09. The van der Waals surface area contributed by atoms with Gasteiger partial charge in [0.25, 0.3) is 0 Å². The Morgan fingerprint density at radius 1 is 0.786 bits per heavy atom. The van der Waals surface area contributed by atoms with E-state index in [-0.39, 0.29) is 0 Å². The third-order valence-corrected chi connectivity index (χ3v) is 1.96. The molecule has 0 saturated heterocycles. The highest BCUT2D eigenvalue weighted by Gasteiger charge is 1.90. The zero-order valence-corrected chi connectivity index (χ0v) is 9.93. The van der Waals surface area contributed by atoms with E-state index in [2.05, 4.69) is 12.6 Å². The Kier molecular flexibility index (Phi) is 13.4. The Hall–Kier alpha value is 0.230. The van der Waals surface area contributed by atoms with Gasteiger partial charge in [0.15, 0.2) is 0 Å². The minimum absolute atomic E-state index is 0.661. The molecular weight excluding hydrogens is 200 g/mol. The van der Waals surface area contributed by atoms with Crippen molar-refractivity contribution in [2.45, 2.75) is 19.8 Å². The second kappa shape index (κ2) is 13.2. The van der Waals surface area contributed by atoms with Crippen LogP contribution < -0.4 is 0 Å². The van der Waals surface area contributed by atoms with E-state index in [1.165, 1.54) is 0 Å². The topological polar surface area (TPSA) is 27.7 Å². The second-order valence-electron chi connectivity index (χ2n) is 2.85.